The second-order valence-electron chi connectivity index (χ2n) is 5.72. The van der Waals surface area contributed by atoms with E-state index in [1.807, 2.05) is 0 Å². The van der Waals surface area contributed by atoms with Crippen LogP contribution in [0.1, 0.15) is 39.0 Å². The molecule has 90 valence electrons. The number of nitrogens with one attached hydrogen (secondary N) is 1. The van der Waals surface area contributed by atoms with Gasteiger partial charge in [-0.1, -0.05) is 6.92 Å². The first-order valence-electron chi connectivity index (χ1n) is 6.81. The summed E-state index contributed by atoms with van der Waals surface area (Å²) in [6, 6.07) is 0.0963. The molecule has 0 aromatic carbocycles. The quantitative estimate of drug-likeness (QED) is 0.766. The zero-order valence-electron chi connectivity index (χ0n) is 10.1. The number of carbonyl (C=O) groups is 1. The van der Waals surface area contributed by atoms with Gasteiger partial charge in [-0.05, 0) is 49.9 Å². The SMILES string of the molecule is CCC1NCN(CC(C2CC2)C2CC2)C1=O. The molecule has 3 heteroatoms. The predicted octanol–water partition coefficient (Wildman–Crippen LogP) is 1.59. The molecule has 1 atom stereocenters. The first-order valence-corrected chi connectivity index (χ1v) is 6.81. The first kappa shape index (κ1) is 10.6. The Labute approximate surface area is 97.6 Å². The van der Waals surface area contributed by atoms with Crippen LogP contribution in [0.25, 0.3) is 0 Å². The summed E-state index contributed by atoms with van der Waals surface area (Å²) in [7, 11) is 0. The standard InChI is InChI=1S/C13H22N2O/c1-2-12-13(16)15(8-14-12)7-11(9-3-4-9)10-5-6-10/h9-12,14H,2-8H2,1H3. The van der Waals surface area contributed by atoms with Crippen LogP contribution in [0.15, 0.2) is 0 Å². The van der Waals surface area contributed by atoms with Crippen LogP contribution in [0.5, 0.6) is 0 Å². The first-order chi connectivity index (χ1) is 7.79. The Morgan fingerprint density at radius 3 is 2.38 bits per heavy atom. The number of hydrogen-bond acceptors (Lipinski definition) is 2. The molecule has 3 rings (SSSR count). The minimum absolute atomic E-state index is 0.0963. The van der Waals surface area contributed by atoms with Gasteiger partial charge in [0.25, 0.3) is 0 Å². The second kappa shape index (κ2) is 4.02. The van der Waals surface area contributed by atoms with Gasteiger partial charge >= 0.3 is 0 Å². The van der Waals surface area contributed by atoms with Crippen LogP contribution in [0.2, 0.25) is 0 Å². The minimum Gasteiger partial charge on any atom is -0.328 e. The molecule has 1 heterocycles. The van der Waals surface area contributed by atoms with E-state index in [4.69, 9.17) is 0 Å². The van der Waals surface area contributed by atoms with Crippen molar-refractivity contribution in [3.63, 3.8) is 0 Å². The Bertz CT molecular complexity index is 272. The van der Waals surface area contributed by atoms with Crippen molar-refractivity contribution in [1.82, 2.24) is 10.2 Å². The summed E-state index contributed by atoms with van der Waals surface area (Å²) in [6.45, 7) is 3.89. The summed E-state index contributed by atoms with van der Waals surface area (Å²) in [5.74, 6) is 3.05. The van der Waals surface area contributed by atoms with Crippen molar-refractivity contribution >= 4 is 5.91 Å². The molecule has 16 heavy (non-hydrogen) atoms. The van der Waals surface area contributed by atoms with Gasteiger partial charge in [0.15, 0.2) is 0 Å². The lowest BCUT2D eigenvalue weighted by molar-refractivity contribution is -0.129. The van der Waals surface area contributed by atoms with Crippen molar-refractivity contribution in [1.29, 1.82) is 0 Å². The zero-order valence-corrected chi connectivity index (χ0v) is 10.1. The van der Waals surface area contributed by atoms with Gasteiger partial charge in [0, 0.05) is 6.54 Å². The molecule has 0 aromatic rings. The Morgan fingerprint density at radius 2 is 1.94 bits per heavy atom. The van der Waals surface area contributed by atoms with Gasteiger partial charge in [0.2, 0.25) is 5.91 Å². The fourth-order valence-electron chi connectivity index (χ4n) is 3.07. The van der Waals surface area contributed by atoms with Gasteiger partial charge in [0.05, 0.1) is 12.7 Å². The second-order valence-corrected chi connectivity index (χ2v) is 5.72. The highest BCUT2D eigenvalue weighted by molar-refractivity contribution is 5.83. The third kappa shape index (κ3) is 1.97. The highest BCUT2D eigenvalue weighted by Crippen LogP contribution is 2.49. The van der Waals surface area contributed by atoms with Crippen molar-refractivity contribution < 1.29 is 4.79 Å². The number of carbonyl (C=O) groups excluding carboxylic acids is 1. The molecule has 0 aromatic heterocycles. The van der Waals surface area contributed by atoms with E-state index in [1.54, 1.807) is 0 Å². The molecule has 0 bridgehead atoms. The van der Waals surface area contributed by atoms with E-state index < -0.39 is 0 Å². The summed E-state index contributed by atoms with van der Waals surface area (Å²) < 4.78 is 0. The average molecular weight is 222 g/mol. The van der Waals surface area contributed by atoms with Gasteiger partial charge in [0.1, 0.15) is 0 Å². The molecule has 1 N–H and O–H groups in total. The van der Waals surface area contributed by atoms with Gasteiger partial charge in [-0.15, -0.1) is 0 Å². The number of amides is 1. The average Bonchev–Trinajstić information content (AvgIpc) is 3.15. The molecule has 3 fully saturated rings. The topological polar surface area (TPSA) is 32.3 Å². The molecule has 0 spiro atoms. The van der Waals surface area contributed by atoms with Crippen LogP contribution in [-0.4, -0.2) is 30.1 Å². The van der Waals surface area contributed by atoms with E-state index in [2.05, 4.69) is 17.1 Å². The Hall–Kier alpha value is -0.570. The highest BCUT2D eigenvalue weighted by Gasteiger charge is 2.43. The number of rotatable bonds is 5. The van der Waals surface area contributed by atoms with Crippen LogP contribution >= 0.6 is 0 Å². The van der Waals surface area contributed by atoms with Crippen LogP contribution < -0.4 is 5.32 Å². The van der Waals surface area contributed by atoms with Gasteiger partial charge in [-0.3, -0.25) is 10.1 Å². The van der Waals surface area contributed by atoms with Gasteiger partial charge in [-0.25, -0.2) is 0 Å². The molecule has 1 aliphatic heterocycles. The largest absolute Gasteiger partial charge is 0.328 e. The Morgan fingerprint density at radius 1 is 1.31 bits per heavy atom. The predicted molar refractivity (Wildman–Crippen MR) is 62.7 cm³/mol. The van der Waals surface area contributed by atoms with Crippen molar-refractivity contribution in [3.05, 3.63) is 0 Å². The molecule has 1 amide bonds. The summed E-state index contributed by atoms with van der Waals surface area (Å²) in [4.78, 5) is 14.1. The van der Waals surface area contributed by atoms with Crippen molar-refractivity contribution in [2.24, 2.45) is 17.8 Å². The third-order valence-corrected chi connectivity index (χ3v) is 4.43. The fourth-order valence-corrected chi connectivity index (χ4v) is 3.07. The molecular weight excluding hydrogens is 200 g/mol. The van der Waals surface area contributed by atoms with E-state index in [0.29, 0.717) is 5.91 Å². The van der Waals surface area contributed by atoms with E-state index in [1.165, 1.54) is 25.7 Å². The normalized spacial score (nSPS) is 30.5. The molecule has 2 aliphatic carbocycles. The van der Waals surface area contributed by atoms with Crippen molar-refractivity contribution in [3.8, 4) is 0 Å². The van der Waals surface area contributed by atoms with E-state index in [0.717, 1.165) is 37.4 Å². The molecule has 3 aliphatic rings. The maximum absolute atomic E-state index is 12.0. The van der Waals surface area contributed by atoms with Gasteiger partial charge < -0.3 is 4.90 Å². The smallest absolute Gasteiger partial charge is 0.240 e. The van der Waals surface area contributed by atoms with Crippen LogP contribution in [0.4, 0.5) is 0 Å². The monoisotopic (exact) mass is 222 g/mol. The Balaban J connectivity index is 1.59. The van der Waals surface area contributed by atoms with Gasteiger partial charge in [-0.2, -0.15) is 0 Å². The molecular formula is C13H22N2O. The summed E-state index contributed by atoms with van der Waals surface area (Å²) >= 11 is 0. The Kier molecular flexibility index (Phi) is 2.66. The van der Waals surface area contributed by atoms with Crippen LogP contribution in [-0.2, 0) is 4.79 Å². The molecule has 3 nitrogen and oxygen atoms in total. The number of nitrogens with zero attached hydrogens (tertiary/aromatic N) is 1. The molecule has 1 unspecified atom stereocenters. The van der Waals surface area contributed by atoms with E-state index >= 15 is 0 Å². The number of hydrogen-bond donors (Lipinski definition) is 1. The van der Waals surface area contributed by atoms with Crippen molar-refractivity contribution in [2.45, 2.75) is 45.1 Å². The molecule has 0 radical (unpaired) electrons. The van der Waals surface area contributed by atoms with Crippen LogP contribution in [0.3, 0.4) is 0 Å². The minimum atomic E-state index is 0.0963. The third-order valence-electron chi connectivity index (χ3n) is 4.43. The lowest BCUT2D eigenvalue weighted by Crippen LogP contribution is -2.35. The fraction of sp³-hybridized carbons (Fsp3) is 0.923. The van der Waals surface area contributed by atoms with Crippen LogP contribution in [0, 0.1) is 17.8 Å². The molecule has 2 saturated carbocycles. The van der Waals surface area contributed by atoms with E-state index in [9.17, 15) is 4.79 Å². The lowest BCUT2D eigenvalue weighted by atomic mass is 9.97. The van der Waals surface area contributed by atoms with Crippen molar-refractivity contribution in [2.75, 3.05) is 13.2 Å². The lowest BCUT2D eigenvalue weighted by Gasteiger charge is -2.23. The highest BCUT2D eigenvalue weighted by atomic mass is 16.2. The summed E-state index contributed by atoms with van der Waals surface area (Å²) in [5.41, 5.74) is 0. The maximum atomic E-state index is 12.0. The van der Waals surface area contributed by atoms with E-state index in [-0.39, 0.29) is 6.04 Å². The summed E-state index contributed by atoms with van der Waals surface area (Å²) in [6.07, 6.45) is 6.57. The summed E-state index contributed by atoms with van der Waals surface area (Å²) in [5, 5.41) is 3.31. The zero-order chi connectivity index (χ0) is 11.1. The maximum Gasteiger partial charge on any atom is 0.240 e. The molecule has 1 saturated heterocycles.